The molecule has 5 heteroatoms. The van der Waals surface area contributed by atoms with Crippen molar-refractivity contribution in [3.63, 3.8) is 0 Å². The summed E-state index contributed by atoms with van der Waals surface area (Å²) in [6.07, 6.45) is 2.46. The highest BCUT2D eigenvalue weighted by atomic mass is 32.1. The minimum Gasteiger partial charge on any atom is -0.298 e. The molecular weight excluding hydrogens is 252 g/mol. The molecule has 1 aliphatic carbocycles. The van der Waals surface area contributed by atoms with E-state index in [2.05, 4.69) is 4.98 Å². The maximum Gasteiger partial charge on any atom is 0.327 e. The Morgan fingerprint density at radius 3 is 3.00 bits per heavy atom. The lowest BCUT2D eigenvalue weighted by Crippen LogP contribution is -2.25. The molecule has 2 aromatic heterocycles. The van der Waals surface area contributed by atoms with E-state index in [1.165, 1.54) is 12.8 Å². The molecule has 17 heavy (non-hydrogen) atoms. The third kappa shape index (κ3) is 2.25. The molecule has 1 saturated carbocycles. The Kier molecular flexibility index (Phi) is 2.72. The van der Waals surface area contributed by atoms with Crippen molar-refractivity contribution in [2.75, 3.05) is 0 Å². The highest BCUT2D eigenvalue weighted by molar-refractivity contribution is 7.71. The van der Waals surface area contributed by atoms with Gasteiger partial charge < -0.3 is 0 Å². The Labute approximate surface area is 108 Å². The highest BCUT2D eigenvalue weighted by Crippen LogP contribution is 2.32. The van der Waals surface area contributed by atoms with Gasteiger partial charge in [-0.05, 0) is 36.3 Å². The molecule has 0 aromatic carbocycles. The molecule has 2 aromatic rings. The molecule has 2 heterocycles. The van der Waals surface area contributed by atoms with Crippen LogP contribution in [0.5, 0.6) is 0 Å². The van der Waals surface area contributed by atoms with Crippen LogP contribution in [-0.4, -0.2) is 9.55 Å². The van der Waals surface area contributed by atoms with Gasteiger partial charge >= 0.3 is 5.69 Å². The maximum atomic E-state index is 12.0. The Morgan fingerprint density at radius 2 is 2.35 bits per heavy atom. The van der Waals surface area contributed by atoms with Crippen LogP contribution in [-0.2, 0) is 6.54 Å². The molecule has 0 bridgehead atoms. The maximum absolute atomic E-state index is 12.0. The average Bonchev–Trinajstić information content (AvgIpc) is 2.93. The normalized spacial score (nSPS) is 15.1. The number of nitrogens with zero attached hydrogens (tertiary/aromatic N) is 1. The van der Waals surface area contributed by atoms with E-state index in [0.717, 1.165) is 17.1 Å². The minimum absolute atomic E-state index is 0.0900. The van der Waals surface area contributed by atoms with E-state index in [1.807, 2.05) is 28.1 Å². The van der Waals surface area contributed by atoms with E-state index in [9.17, 15) is 4.79 Å². The highest BCUT2D eigenvalue weighted by Gasteiger charge is 2.23. The molecule has 0 spiro atoms. The van der Waals surface area contributed by atoms with Gasteiger partial charge in [-0.15, -0.1) is 11.3 Å². The van der Waals surface area contributed by atoms with Gasteiger partial charge in [-0.3, -0.25) is 9.55 Å². The van der Waals surface area contributed by atoms with Crippen molar-refractivity contribution in [2.24, 2.45) is 5.92 Å². The molecule has 1 fully saturated rings. The van der Waals surface area contributed by atoms with Gasteiger partial charge in [-0.1, -0.05) is 18.3 Å². The molecule has 0 saturated heterocycles. The molecule has 0 atom stereocenters. The Balaban J connectivity index is 2.16. The summed E-state index contributed by atoms with van der Waals surface area (Å²) in [5.74, 6) is 0.663. The van der Waals surface area contributed by atoms with Gasteiger partial charge in [0.15, 0.2) is 0 Å². The smallest absolute Gasteiger partial charge is 0.298 e. The monoisotopic (exact) mass is 264 g/mol. The van der Waals surface area contributed by atoms with Crippen LogP contribution in [0, 0.1) is 10.6 Å². The van der Waals surface area contributed by atoms with Crippen LogP contribution in [0.25, 0.3) is 10.6 Å². The number of thiophene rings is 1. The summed E-state index contributed by atoms with van der Waals surface area (Å²) >= 11 is 6.72. The van der Waals surface area contributed by atoms with Crippen LogP contribution < -0.4 is 5.69 Å². The predicted molar refractivity (Wildman–Crippen MR) is 71.9 cm³/mol. The summed E-state index contributed by atoms with van der Waals surface area (Å²) in [5, 5.41) is 2.01. The summed E-state index contributed by atoms with van der Waals surface area (Å²) in [6.45, 7) is 0.804. The molecule has 0 aliphatic heterocycles. The Morgan fingerprint density at radius 1 is 1.53 bits per heavy atom. The zero-order chi connectivity index (χ0) is 11.8. The molecule has 0 amide bonds. The van der Waals surface area contributed by atoms with Crippen molar-refractivity contribution < 1.29 is 0 Å². The lowest BCUT2D eigenvalue weighted by molar-refractivity contribution is 0.598. The quantitative estimate of drug-likeness (QED) is 0.865. The molecule has 0 radical (unpaired) electrons. The fourth-order valence-electron chi connectivity index (χ4n) is 1.89. The van der Waals surface area contributed by atoms with Crippen molar-refractivity contribution in [3.05, 3.63) is 38.7 Å². The van der Waals surface area contributed by atoms with E-state index in [-0.39, 0.29) is 5.69 Å². The second-order valence-corrected chi connectivity index (χ2v) is 5.74. The summed E-state index contributed by atoms with van der Waals surface area (Å²) in [6, 6.07) is 5.90. The van der Waals surface area contributed by atoms with Crippen LogP contribution in [0.15, 0.2) is 28.4 Å². The molecule has 1 N–H and O–H groups in total. The van der Waals surface area contributed by atoms with Crippen LogP contribution in [0.4, 0.5) is 0 Å². The topological polar surface area (TPSA) is 37.8 Å². The lowest BCUT2D eigenvalue weighted by Gasteiger charge is -2.10. The van der Waals surface area contributed by atoms with Crippen molar-refractivity contribution in [3.8, 4) is 10.6 Å². The van der Waals surface area contributed by atoms with Crippen molar-refractivity contribution in [1.29, 1.82) is 0 Å². The lowest BCUT2D eigenvalue weighted by atomic mass is 10.3. The SMILES string of the molecule is O=c1[nH]c(=S)cc(-c2cccs2)n1CC1CC1. The number of hydrogen-bond donors (Lipinski definition) is 1. The molecule has 0 unspecified atom stereocenters. The number of hydrogen-bond acceptors (Lipinski definition) is 3. The zero-order valence-electron chi connectivity index (χ0n) is 9.18. The largest absolute Gasteiger partial charge is 0.327 e. The van der Waals surface area contributed by atoms with Crippen LogP contribution in [0.3, 0.4) is 0 Å². The zero-order valence-corrected chi connectivity index (χ0v) is 10.8. The fourth-order valence-corrected chi connectivity index (χ4v) is 2.84. The van der Waals surface area contributed by atoms with Gasteiger partial charge in [0.1, 0.15) is 4.64 Å². The van der Waals surface area contributed by atoms with Gasteiger partial charge in [0, 0.05) is 6.54 Å². The molecule has 88 valence electrons. The van der Waals surface area contributed by atoms with E-state index in [4.69, 9.17) is 12.2 Å². The number of nitrogens with one attached hydrogen (secondary N) is 1. The Hall–Kier alpha value is -1.20. The molecule has 3 nitrogen and oxygen atoms in total. The standard InChI is InChI=1S/C12H12N2OS2/c15-12-13-11(16)6-9(10-2-1-5-17-10)14(12)7-8-3-4-8/h1-2,5-6,8H,3-4,7H2,(H,13,15,16). The minimum atomic E-state index is -0.0900. The van der Waals surface area contributed by atoms with Gasteiger partial charge in [0.05, 0.1) is 10.6 Å². The van der Waals surface area contributed by atoms with Gasteiger partial charge in [-0.2, -0.15) is 0 Å². The summed E-state index contributed by atoms with van der Waals surface area (Å²) in [5.41, 5.74) is 0.855. The van der Waals surface area contributed by atoms with Crippen LogP contribution >= 0.6 is 23.6 Å². The summed E-state index contributed by atoms with van der Waals surface area (Å²) < 4.78 is 2.32. The molecule has 1 aliphatic rings. The average molecular weight is 264 g/mol. The van der Waals surface area contributed by atoms with Gasteiger partial charge in [-0.25, -0.2) is 4.79 Å². The van der Waals surface area contributed by atoms with Crippen LogP contribution in [0.2, 0.25) is 0 Å². The third-order valence-corrected chi connectivity index (χ3v) is 4.06. The summed E-state index contributed by atoms with van der Waals surface area (Å²) in [4.78, 5) is 15.8. The predicted octanol–water partition coefficient (Wildman–Crippen LogP) is 3.04. The van der Waals surface area contributed by atoms with Crippen LogP contribution in [0.1, 0.15) is 12.8 Å². The fraction of sp³-hybridized carbons (Fsp3) is 0.333. The van der Waals surface area contributed by atoms with Gasteiger partial charge in [0.2, 0.25) is 0 Å². The number of rotatable bonds is 3. The van der Waals surface area contributed by atoms with E-state index in [0.29, 0.717) is 10.6 Å². The van der Waals surface area contributed by atoms with E-state index < -0.39 is 0 Å². The first kappa shape index (κ1) is 10.9. The first-order valence-corrected chi connectivity index (χ1v) is 6.91. The first-order valence-electron chi connectivity index (χ1n) is 5.62. The second-order valence-electron chi connectivity index (χ2n) is 4.36. The van der Waals surface area contributed by atoms with Crippen molar-refractivity contribution >= 4 is 23.6 Å². The van der Waals surface area contributed by atoms with Crippen molar-refractivity contribution in [1.82, 2.24) is 9.55 Å². The second kappa shape index (κ2) is 4.23. The van der Waals surface area contributed by atoms with Gasteiger partial charge in [0.25, 0.3) is 0 Å². The first-order chi connectivity index (χ1) is 8.24. The number of aromatic nitrogens is 2. The molecular formula is C12H12N2OS2. The number of H-pyrrole nitrogens is 1. The molecule has 3 rings (SSSR count). The summed E-state index contributed by atoms with van der Waals surface area (Å²) in [7, 11) is 0. The Bertz CT molecular complexity index is 635. The third-order valence-electron chi connectivity index (χ3n) is 2.95. The van der Waals surface area contributed by atoms with Crippen molar-refractivity contribution in [2.45, 2.75) is 19.4 Å². The van der Waals surface area contributed by atoms with E-state index >= 15 is 0 Å². The number of aromatic amines is 1. The van der Waals surface area contributed by atoms with E-state index in [1.54, 1.807) is 11.3 Å².